The molecule has 1 aromatic heterocycles. The average Bonchev–Trinajstić information content (AvgIpc) is 2.68. The molecule has 1 N–H and O–H groups in total. The van der Waals surface area contributed by atoms with Crippen molar-refractivity contribution in [3.63, 3.8) is 0 Å². The Morgan fingerprint density at radius 3 is 2.54 bits per heavy atom. The molecule has 6 heteroatoms. The third-order valence-corrected chi connectivity index (χ3v) is 4.35. The molecule has 1 aliphatic rings. The van der Waals surface area contributed by atoms with Gasteiger partial charge >= 0.3 is 0 Å². The van der Waals surface area contributed by atoms with E-state index in [0.717, 1.165) is 31.7 Å². The first-order valence-corrected chi connectivity index (χ1v) is 8.87. The molecule has 1 fully saturated rings. The summed E-state index contributed by atoms with van der Waals surface area (Å²) in [6.07, 6.45) is 5.26. The first-order chi connectivity index (χ1) is 12.6. The number of nitrogens with one attached hydrogen (secondary N) is 1. The van der Waals surface area contributed by atoms with Gasteiger partial charge in [-0.2, -0.15) is 0 Å². The molecule has 1 aromatic carbocycles. The van der Waals surface area contributed by atoms with E-state index in [-0.39, 0.29) is 18.3 Å². The zero-order valence-corrected chi connectivity index (χ0v) is 14.9. The summed E-state index contributed by atoms with van der Waals surface area (Å²) in [6, 6.07) is 10.4. The number of pyridine rings is 1. The number of benzene rings is 1. The molecule has 1 amide bonds. The molecule has 26 heavy (non-hydrogen) atoms. The van der Waals surface area contributed by atoms with E-state index in [2.05, 4.69) is 15.2 Å². The summed E-state index contributed by atoms with van der Waals surface area (Å²) >= 11 is 0. The van der Waals surface area contributed by atoms with E-state index in [1.165, 1.54) is 13.3 Å². The van der Waals surface area contributed by atoms with Gasteiger partial charge in [0, 0.05) is 24.8 Å². The van der Waals surface area contributed by atoms with Crippen molar-refractivity contribution < 1.29 is 14.3 Å². The first kappa shape index (κ1) is 17.9. The summed E-state index contributed by atoms with van der Waals surface area (Å²) in [7, 11) is 0. The molecule has 3 rings (SSSR count). The maximum atomic E-state index is 12.3. The van der Waals surface area contributed by atoms with Crippen LogP contribution in [0.5, 0.6) is 5.75 Å². The third-order valence-electron chi connectivity index (χ3n) is 4.35. The van der Waals surface area contributed by atoms with Crippen molar-refractivity contribution in [3.8, 4) is 5.75 Å². The molecule has 2 aromatic rings. The van der Waals surface area contributed by atoms with Crippen LogP contribution in [-0.4, -0.2) is 36.4 Å². The van der Waals surface area contributed by atoms with Gasteiger partial charge in [0.25, 0.3) is 5.91 Å². The van der Waals surface area contributed by atoms with Crippen LogP contribution in [0.25, 0.3) is 0 Å². The minimum Gasteiger partial charge on any atom is -0.484 e. The number of ketones is 1. The maximum absolute atomic E-state index is 12.3. The van der Waals surface area contributed by atoms with Crippen LogP contribution in [-0.2, 0) is 4.79 Å². The highest BCUT2D eigenvalue weighted by Crippen LogP contribution is 2.25. The van der Waals surface area contributed by atoms with Gasteiger partial charge in [0.05, 0.1) is 5.69 Å². The average molecular weight is 353 g/mol. The Labute approximate surface area is 153 Å². The number of hydrogen-bond acceptors (Lipinski definition) is 5. The number of amides is 1. The van der Waals surface area contributed by atoms with E-state index in [1.54, 1.807) is 30.5 Å². The summed E-state index contributed by atoms with van der Waals surface area (Å²) in [5.41, 5.74) is 1.32. The van der Waals surface area contributed by atoms with E-state index in [0.29, 0.717) is 17.0 Å². The Balaban J connectivity index is 1.59. The smallest absolute Gasteiger partial charge is 0.262 e. The van der Waals surface area contributed by atoms with Crippen molar-refractivity contribution >= 4 is 23.2 Å². The number of Topliss-reactive ketones (excluding diaryl/α,β-unsaturated/α-hetero) is 1. The standard InChI is InChI=1S/C20H23N3O3/c1-15(24)16-7-9-17(10-8-16)26-14-19(25)22-18-6-5-11-21-20(18)23-12-3-2-4-13-23/h5-11H,2-4,12-14H2,1H3,(H,22,25). The molecule has 0 spiro atoms. The highest BCUT2D eigenvalue weighted by Gasteiger charge is 2.17. The van der Waals surface area contributed by atoms with Crippen molar-refractivity contribution in [1.29, 1.82) is 0 Å². The van der Waals surface area contributed by atoms with Gasteiger partial charge in [-0.15, -0.1) is 0 Å². The molecular weight excluding hydrogens is 330 g/mol. The molecule has 1 aliphatic heterocycles. The number of hydrogen-bond donors (Lipinski definition) is 1. The van der Waals surface area contributed by atoms with E-state index in [9.17, 15) is 9.59 Å². The second-order valence-electron chi connectivity index (χ2n) is 6.34. The molecule has 0 bridgehead atoms. The number of carbonyl (C=O) groups excluding carboxylic acids is 2. The van der Waals surface area contributed by atoms with Crippen molar-refractivity contribution in [2.24, 2.45) is 0 Å². The molecule has 6 nitrogen and oxygen atoms in total. The summed E-state index contributed by atoms with van der Waals surface area (Å²) in [5.74, 6) is 1.11. The van der Waals surface area contributed by atoms with Gasteiger partial charge in [-0.1, -0.05) is 0 Å². The van der Waals surface area contributed by atoms with Crippen LogP contribution in [0.15, 0.2) is 42.6 Å². The Morgan fingerprint density at radius 2 is 1.85 bits per heavy atom. The number of ether oxygens (including phenoxy) is 1. The van der Waals surface area contributed by atoms with Crippen molar-refractivity contribution in [3.05, 3.63) is 48.2 Å². The third kappa shape index (κ3) is 4.59. The zero-order valence-electron chi connectivity index (χ0n) is 14.9. The van der Waals surface area contributed by atoms with Gasteiger partial charge in [-0.3, -0.25) is 9.59 Å². The van der Waals surface area contributed by atoms with Crippen LogP contribution < -0.4 is 15.0 Å². The Morgan fingerprint density at radius 1 is 1.12 bits per heavy atom. The Hall–Kier alpha value is -2.89. The fourth-order valence-corrected chi connectivity index (χ4v) is 2.97. The monoisotopic (exact) mass is 353 g/mol. The van der Waals surface area contributed by atoms with Gasteiger partial charge in [0.15, 0.2) is 18.2 Å². The Bertz CT molecular complexity index is 768. The number of rotatable bonds is 6. The lowest BCUT2D eigenvalue weighted by Crippen LogP contribution is -2.31. The summed E-state index contributed by atoms with van der Waals surface area (Å²) in [5, 5.41) is 2.89. The molecular formula is C20H23N3O3. The Kier molecular flexibility index (Phi) is 5.84. The summed E-state index contributed by atoms with van der Waals surface area (Å²) in [6.45, 7) is 3.32. The number of carbonyl (C=O) groups is 2. The lowest BCUT2D eigenvalue weighted by molar-refractivity contribution is -0.118. The van der Waals surface area contributed by atoms with Crippen LogP contribution >= 0.6 is 0 Å². The van der Waals surface area contributed by atoms with E-state index < -0.39 is 0 Å². The number of piperidine rings is 1. The highest BCUT2D eigenvalue weighted by molar-refractivity contribution is 5.95. The number of nitrogens with zero attached hydrogens (tertiary/aromatic N) is 2. The second kappa shape index (κ2) is 8.47. The predicted octanol–water partition coefficient (Wildman–Crippen LogP) is 3.29. The van der Waals surface area contributed by atoms with Crippen LogP contribution in [0.3, 0.4) is 0 Å². The molecule has 0 atom stereocenters. The number of anilines is 2. The van der Waals surface area contributed by atoms with Crippen molar-refractivity contribution in [1.82, 2.24) is 4.98 Å². The van der Waals surface area contributed by atoms with Crippen molar-refractivity contribution in [2.45, 2.75) is 26.2 Å². The van der Waals surface area contributed by atoms with Gasteiger partial charge in [-0.25, -0.2) is 4.98 Å². The normalized spacial score (nSPS) is 14.0. The highest BCUT2D eigenvalue weighted by atomic mass is 16.5. The van der Waals surface area contributed by atoms with Crippen LogP contribution in [0.4, 0.5) is 11.5 Å². The van der Waals surface area contributed by atoms with Crippen LogP contribution in [0.2, 0.25) is 0 Å². The summed E-state index contributed by atoms with van der Waals surface area (Å²) < 4.78 is 5.50. The van der Waals surface area contributed by atoms with Gasteiger partial charge in [0.2, 0.25) is 0 Å². The minimum atomic E-state index is -0.244. The minimum absolute atomic E-state index is 0.00360. The SMILES string of the molecule is CC(=O)c1ccc(OCC(=O)Nc2cccnc2N2CCCCC2)cc1. The predicted molar refractivity (Wildman–Crippen MR) is 101 cm³/mol. The topological polar surface area (TPSA) is 71.5 Å². The van der Waals surface area contributed by atoms with Crippen molar-refractivity contribution in [2.75, 3.05) is 29.9 Å². The molecule has 2 heterocycles. The molecule has 1 saturated heterocycles. The molecule has 0 saturated carbocycles. The molecule has 0 radical (unpaired) electrons. The van der Waals surface area contributed by atoms with Gasteiger partial charge in [-0.05, 0) is 62.6 Å². The van der Waals surface area contributed by atoms with E-state index in [4.69, 9.17) is 4.74 Å². The molecule has 0 unspecified atom stereocenters. The van der Waals surface area contributed by atoms with E-state index in [1.807, 2.05) is 12.1 Å². The summed E-state index contributed by atoms with van der Waals surface area (Å²) in [4.78, 5) is 30.2. The zero-order chi connectivity index (χ0) is 18.4. The van der Waals surface area contributed by atoms with Gasteiger partial charge in [0.1, 0.15) is 5.75 Å². The maximum Gasteiger partial charge on any atom is 0.262 e. The number of aromatic nitrogens is 1. The second-order valence-corrected chi connectivity index (χ2v) is 6.34. The lowest BCUT2D eigenvalue weighted by Gasteiger charge is -2.29. The van der Waals surface area contributed by atoms with E-state index >= 15 is 0 Å². The largest absolute Gasteiger partial charge is 0.484 e. The molecule has 136 valence electrons. The van der Waals surface area contributed by atoms with Gasteiger partial charge < -0.3 is 15.0 Å². The fraction of sp³-hybridized carbons (Fsp3) is 0.350. The first-order valence-electron chi connectivity index (χ1n) is 8.87. The van der Waals surface area contributed by atoms with Crippen LogP contribution in [0.1, 0.15) is 36.5 Å². The molecule has 0 aliphatic carbocycles. The quantitative estimate of drug-likeness (QED) is 0.807. The lowest BCUT2D eigenvalue weighted by atomic mass is 10.1. The van der Waals surface area contributed by atoms with Crippen LogP contribution in [0, 0.1) is 0 Å². The fourth-order valence-electron chi connectivity index (χ4n) is 2.97.